The summed E-state index contributed by atoms with van der Waals surface area (Å²) in [5.74, 6) is 0. The summed E-state index contributed by atoms with van der Waals surface area (Å²) in [4.78, 5) is 2.71. The molecule has 1 aliphatic rings. The first-order chi connectivity index (χ1) is 9.70. The molecule has 1 aromatic rings. The second-order valence-corrected chi connectivity index (χ2v) is 6.24. The molecule has 1 fully saturated rings. The minimum Gasteiger partial charge on any atom is -0.314 e. The summed E-state index contributed by atoms with van der Waals surface area (Å²) < 4.78 is 0. The molecule has 0 spiro atoms. The third kappa shape index (κ3) is 4.32. The molecule has 112 valence electrons. The Bertz CT molecular complexity index is 376. The molecule has 2 nitrogen and oxygen atoms in total. The quantitative estimate of drug-likeness (QED) is 0.854. The van der Waals surface area contributed by atoms with Crippen LogP contribution in [-0.2, 0) is 6.42 Å². The van der Waals surface area contributed by atoms with Crippen LogP contribution in [0.5, 0.6) is 0 Å². The number of likely N-dealkylation sites (tertiary alicyclic amines) is 1. The Morgan fingerprint density at radius 1 is 1.30 bits per heavy atom. The van der Waals surface area contributed by atoms with E-state index in [-0.39, 0.29) is 0 Å². The third-order valence-electron chi connectivity index (χ3n) is 4.68. The number of hydrogen-bond acceptors (Lipinski definition) is 2. The van der Waals surface area contributed by atoms with Gasteiger partial charge in [-0.25, -0.2) is 0 Å². The molecule has 0 aliphatic carbocycles. The number of aryl methyl sites for hydroxylation is 1. The van der Waals surface area contributed by atoms with Crippen LogP contribution in [0.25, 0.3) is 0 Å². The molecule has 0 bridgehead atoms. The van der Waals surface area contributed by atoms with Gasteiger partial charge in [-0.05, 0) is 51.6 Å². The van der Waals surface area contributed by atoms with Crippen molar-refractivity contribution in [2.45, 2.75) is 64.6 Å². The van der Waals surface area contributed by atoms with Gasteiger partial charge in [0.2, 0.25) is 0 Å². The second-order valence-electron chi connectivity index (χ2n) is 6.24. The van der Waals surface area contributed by atoms with Crippen molar-refractivity contribution in [2.75, 3.05) is 13.1 Å². The van der Waals surface area contributed by atoms with Crippen molar-refractivity contribution in [3.05, 3.63) is 35.9 Å². The Morgan fingerprint density at radius 3 is 2.70 bits per heavy atom. The molecule has 1 saturated heterocycles. The zero-order valence-corrected chi connectivity index (χ0v) is 13.3. The average molecular weight is 274 g/mol. The van der Waals surface area contributed by atoms with Crippen molar-refractivity contribution in [2.24, 2.45) is 0 Å². The normalized spacial score (nSPS) is 25.6. The lowest BCUT2D eigenvalue weighted by atomic mass is 9.95. The van der Waals surface area contributed by atoms with Crippen LogP contribution >= 0.6 is 0 Å². The maximum atomic E-state index is 3.61. The van der Waals surface area contributed by atoms with E-state index in [2.05, 4.69) is 61.3 Å². The van der Waals surface area contributed by atoms with E-state index in [1.807, 2.05) is 0 Å². The topological polar surface area (TPSA) is 15.3 Å². The minimum atomic E-state index is 0.688. The molecule has 0 saturated carbocycles. The predicted molar refractivity (Wildman–Crippen MR) is 87.1 cm³/mol. The molecule has 3 atom stereocenters. The Kier molecular flexibility index (Phi) is 6.06. The Labute approximate surface area is 124 Å². The molecule has 0 amide bonds. The van der Waals surface area contributed by atoms with Crippen LogP contribution < -0.4 is 5.32 Å². The molecule has 1 heterocycles. The molecular weight excluding hydrogens is 244 g/mol. The molecule has 3 unspecified atom stereocenters. The van der Waals surface area contributed by atoms with Crippen molar-refractivity contribution >= 4 is 0 Å². The highest BCUT2D eigenvalue weighted by molar-refractivity contribution is 5.14. The fourth-order valence-electron chi connectivity index (χ4n) is 3.51. The van der Waals surface area contributed by atoms with Gasteiger partial charge in [-0.15, -0.1) is 0 Å². The lowest BCUT2D eigenvalue weighted by Crippen LogP contribution is -2.50. The van der Waals surface area contributed by atoms with Gasteiger partial charge >= 0.3 is 0 Å². The predicted octanol–water partition coefficient (Wildman–Crippen LogP) is 3.47. The van der Waals surface area contributed by atoms with Gasteiger partial charge in [-0.3, -0.25) is 4.90 Å². The summed E-state index contributed by atoms with van der Waals surface area (Å²) in [5, 5.41) is 3.61. The summed E-state index contributed by atoms with van der Waals surface area (Å²) in [6.45, 7) is 9.34. The van der Waals surface area contributed by atoms with Gasteiger partial charge in [0, 0.05) is 24.7 Å². The third-order valence-corrected chi connectivity index (χ3v) is 4.68. The highest BCUT2D eigenvalue weighted by Crippen LogP contribution is 2.22. The first-order valence-corrected chi connectivity index (χ1v) is 8.23. The lowest BCUT2D eigenvalue weighted by molar-refractivity contribution is 0.0919. The summed E-state index contributed by atoms with van der Waals surface area (Å²) in [6, 6.07) is 13.0. The van der Waals surface area contributed by atoms with Gasteiger partial charge in [-0.2, -0.15) is 0 Å². The van der Waals surface area contributed by atoms with Crippen LogP contribution in [0.4, 0.5) is 0 Å². The highest BCUT2D eigenvalue weighted by atomic mass is 15.2. The fourth-order valence-corrected chi connectivity index (χ4v) is 3.51. The molecule has 2 rings (SSSR count). The van der Waals surface area contributed by atoms with Crippen molar-refractivity contribution < 1.29 is 0 Å². The number of nitrogens with zero attached hydrogens (tertiary/aromatic N) is 1. The number of benzene rings is 1. The van der Waals surface area contributed by atoms with Gasteiger partial charge in [0.05, 0.1) is 0 Å². The van der Waals surface area contributed by atoms with E-state index in [9.17, 15) is 0 Å². The molecule has 1 aromatic carbocycles. The summed E-state index contributed by atoms with van der Waals surface area (Å²) in [6.07, 6.45) is 5.06. The molecule has 1 N–H and O–H groups in total. The van der Waals surface area contributed by atoms with E-state index >= 15 is 0 Å². The van der Waals surface area contributed by atoms with Crippen molar-refractivity contribution in [1.29, 1.82) is 0 Å². The van der Waals surface area contributed by atoms with E-state index in [1.54, 1.807) is 0 Å². The van der Waals surface area contributed by atoms with Crippen LogP contribution in [0.3, 0.4) is 0 Å². The first kappa shape index (κ1) is 15.5. The van der Waals surface area contributed by atoms with Gasteiger partial charge < -0.3 is 5.32 Å². The maximum absolute atomic E-state index is 3.61. The van der Waals surface area contributed by atoms with E-state index < -0.39 is 0 Å². The second kappa shape index (κ2) is 7.80. The monoisotopic (exact) mass is 274 g/mol. The number of hydrogen-bond donors (Lipinski definition) is 1. The van der Waals surface area contributed by atoms with Crippen molar-refractivity contribution in [1.82, 2.24) is 10.2 Å². The van der Waals surface area contributed by atoms with Gasteiger partial charge in [0.1, 0.15) is 0 Å². The van der Waals surface area contributed by atoms with Gasteiger partial charge in [0.15, 0.2) is 0 Å². The van der Waals surface area contributed by atoms with E-state index in [0.717, 1.165) is 12.6 Å². The smallest absolute Gasteiger partial charge is 0.00939 e. The molecule has 20 heavy (non-hydrogen) atoms. The summed E-state index contributed by atoms with van der Waals surface area (Å²) in [5.41, 5.74) is 1.47. The Balaban J connectivity index is 1.79. The van der Waals surface area contributed by atoms with E-state index in [0.29, 0.717) is 12.1 Å². The average Bonchev–Trinajstić information content (AvgIpc) is 2.46. The Hall–Kier alpha value is -0.860. The largest absolute Gasteiger partial charge is 0.314 e. The van der Waals surface area contributed by atoms with Crippen LogP contribution in [0.15, 0.2) is 30.3 Å². The SMILES string of the molecule is CCNC1CCN(C(C)CCc2ccccc2)C(C)C1. The highest BCUT2D eigenvalue weighted by Gasteiger charge is 2.27. The van der Waals surface area contributed by atoms with E-state index in [1.165, 1.54) is 37.8 Å². The standard InChI is InChI=1S/C18H30N2/c1-4-19-18-12-13-20(16(3)14-18)15(2)10-11-17-8-6-5-7-9-17/h5-9,15-16,18-19H,4,10-14H2,1-3H3. The van der Waals surface area contributed by atoms with Gasteiger partial charge in [0.25, 0.3) is 0 Å². The zero-order chi connectivity index (χ0) is 14.4. The molecule has 2 heteroatoms. The van der Waals surface area contributed by atoms with Gasteiger partial charge in [-0.1, -0.05) is 37.3 Å². The summed E-state index contributed by atoms with van der Waals surface area (Å²) >= 11 is 0. The molecular formula is C18H30N2. The number of nitrogens with one attached hydrogen (secondary N) is 1. The molecule has 0 radical (unpaired) electrons. The summed E-state index contributed by atoms with van der Waals surface area (Å²) in [7, 11) is 0. The van der Waals surface area contributed by atoms with E-state index in [4.69, 9.17) is 0 Å². The van der Waals surface area contributed by atoms with Crippen molar-refractivity contribution in [3.8, 4) is 0 Å². The number of rotatable bonds is 6. The van der Waals surface area contributed by atoms with Crippen LogP contribution in [-0.4, -0.2) is 36.1 Å². The van der Waals surface area contributed by atoms with Crippen molar-refractivity contribution in [3.63, 3.8) is 0 Å². The van der Waals surface area contributed by atoms with Crippen LogP contribution in [0, 0.1) is 0 Å². The maximum Gasteiger partial charge on any atom is 0.00939 e. The van der Waals surface area contributed by atoms with Crippen LogP contribution in [0.1, 0.15) is 45.6 Å². The minimum absolute atomic E-state index is 0.688. The molecule has 0 aromatic heterocycles. The number of piperidine rings is 1. The zero-order valence-electron chi connectivity index (χ0n) is 13.3. The first-order valence-electron chi connectivity index (χ1n) is 8.23. The Morgan fingerprint density at radius 2 is 2.05 bits per heavy atom. The molecule has 1 aliphatic heterocycles. The lowest BCUT2D eigenvalue weighted by Gasteiger charge is -2.41. The van der Waals surface area contributed by atoms with Crippen LogP contribution in [0.2, 0.25) is 0 Å². The fraction of sp³-hybridized carbons (Fsp3) is 0.667.